The largest absolute Gasteiger partial charge is 0.492 e. The first-order chi connectivity index (χ1) is 10.3. The van der Waals surface area contributed by atoms with Gasteiger partial charge in [0.1, 0.15) is 12.4 Å². The average Bonchev–Trinajstić information content (AvgIpc) is 3.22. The highest BCUT2D eigenvalue weighted by Crippen LogP contribution is 2.34. The van der Waals surface area contributed by atoms with Gasteiger partial charge in [0, 0.05) is 19.7 Å². The Balaban J connectivity index is 1.37. The Morgan fingerprint density at radius 2 is 2.14 bits per heavy atom. The molecule has 1 aromatic carbocycles. The first kappa shape index (κ1) is 13.9. The Morgan fingerprint density at radius 1 is 1.29 bits per heavy atom. The van der Waals surface area contributed by atoms with Crippen molar-refractivity contribution in [2.45, 2.75) is 12.8 Å². The molecule has 6 heteroatoms. The Morgan fingerprint density at radius 3 is 2.95 bits per heavy atom. The van der Waals surface area contributed by atoms with Gasteiger partial charge in [-0.3, -0.25) is 4.99 Å². The lowest BCUT2D eigenvalue weighted by molar-refractivity contribution is 0.173. The molecule has 1 aliphatic heterocycles. The summed E-state index contributed by atoms with van der Waals surface area (Å²) in [6.07, 6.45) is 2.66. The lowest BCUT2D eigenvalue weighted by atomic mass is 10.3. The van der Waals surface area contributed by atoms with Gasteiger partial charge in [0.2, 0.25) is 6.79 Å². The number of fused-ring (bicyclic) bond motifs is 1. The van der Waals surface area contributed by atoms with E-state index < -0.39 is 0 Å². The Hall–Kier alpha value is -2.11. The smallest absolute Gasteiger partial charge is 0.231 e. The minimum Gasteiger partial charge on any atom is -0.492 e. The van der Waals surface area contributed by atoms with Gasteiger partial charge in [-0.25, -0.2) is 0 Å². The summed E-state index contributed by atoms with van der Waals surface area (Å²) in [5.74, 6) is 3.94. The number of nitrogens with one attached hydrogen (secondary N) is 2. The summed E-state index contributed by atoms with van der Waals surface area (Å²) >= 11 is 0. The van der Waals surface area contributed by atoms with Crippen LogP contribution in [0.1, 0.15) is 12.8 Å². The van der Waals surface area contributed by atoms with E-state index >= 15 is 0 Å². The van der Waals surface area contributed by atoms with Crippen molar-refractivity contribution < 1.29 is 14.2 Å². The van der Waals surface area contributed by atoms with Crippen LogP contribution in [0.4, 0.5) is 0 Å². The van der Waals surface area contributed by atoms with Gasteiger partial charge in [0.15, 0.2) is 17.5 Å². The Labute approximate surface area is 124 Å². The summed E-state index contributed by atoms with van der Waals surface area (Å²) in [5, 5.41) is 6.54. The minimum atomic E-state index is 0.281. The van der Waals surface area contributed by atoms with Crippen LogP contribution in [0, 0.1) is 5.92 Å². The fourth-order valence-corrected chi connectivity index (χ4v) is 2.09. The van der Waals surface area contributed by atoms with Crippen LogP contribution in [0.15, 0.2) is 23.2 Å². The molecule has 1 aliphatic carbocycles. The number of rotatable bonds is 6. The SMILES string of the molecule is CN=C(NCCOc1ccc2c(c1)OCO2)NCC1CC1. The zero-order valence-corrected chi connectivity index (χ0v) is 12.2. The lowest BCUT2D eigenvalue weighted by Gasteiger charge is -2.12. The Bertz CT molecular complexity index is 515. The molecule has 0 spiro atoms. The molecule has 1 heterocycles. The van der Waals surface area contributed by atoms with Gasteiger partial charge < -0.3 is 24.8 Å². The second-order valence-corrected chi connectivity index (χ2v) is 5.19. The number of nitrogens with zero attached hydrogens (tertiary/aromatic N) is 1. The third kappa shape index (κ3) is 3.93. The summed E-state index contributed by atoms with van der Waals surface area (Å²) in [6, 6.07) is 5.59. The molecule has 0 amide bonds. The number of hydrogen-bond acceptors (Lipinski definition) is 4. The first-order valence-corrected chi connectivity index (χ1v) is 7.32. The van der Waals surface area contributed by atoms with E-state index in [4.69, 9.17) is 14.2 Å². The van der Waals surface area contributed by atoms with Gasteiger partial charge >= 0.3 is 0 Å². The average molecular weight is 291 g/mol. The van der Waals surface area contributed by atoms with E-state index in [0.717, 1.165) is 35.7 Å². The number of ether oxygens (including phenoxy) is 3. The molecule has 114 valence electrons. The zero-order valence-electron chi connectivity index (χ0n) is 12.2. The maximum Gasteiger partial charge on any atom is 0.231 e. The summed E-state index contributed by atoms with van der Waals surface area (Å²) < 4.78 is 16.3. The molecule has 0 atom stereocenters. The molecular weight excluding hydrogens is 270 g/mol. The molecule has 21 heavy (non-hydrogen) atoms. The molecule has 0 radical (unpaired) electrons. The Kier molecular flexibility index (Phi) is 4.33. The quantitative estimate of drug-likeness (QED) is 0.471. The molecule has 0 unspecified atom stereocenters. The monoisotopic (exact) mass is 291 g/mol. The third-order valence-corrected chi connectivity index (χ3v) is 3.49. The molecule has 1 saturated carbocycles. The fraction of sp³-hybridized carbons (Fsp3) is 0.533. The van der Waals surface area contributed by atoms with Gasteiger partial charge in [-0.2, -0.15) is 0 Å². The van der Waals surface area contributed by atoms with E-state index in [2.05, 4.69) is 15.6 Å². The van der Waals surface area contributed by atoms with E-state index in [0.29, 0.717) is 13.2 Å². The van der Waals surface area contributed by atoms with Crippen molar-refractivity contribution in [3.8, 4) is 17.2 Å². The van der Waals surface area contributed by atoms with Gasteiger partial charge in [-0.15, -0.1) is 0 Å². The normalized spacial score (nSPS) is 16.7. The predicted octanol–water partition coefficient (Wildman–Crippen LogP) is 1.37. The van der Waals surface area contributed by atoms with Crippen molar-refractivity contribution in [1.82, 2.24) is 10.6 Å². The van der Waals surface area contributed by atoms with E-state index in [1.54, 1.807) is 7.05 Å². The van der Waals surface area contributed by atoms with Crippen molar-refractivity contribution in [2.24, 2.45) is 10.9 Å². The lowest BCUT2D eigenvalue weighted by Crippen LogP contribution is -2.40. The van der Waals surface area contributed by atoms with E-state index in [1.807, 2.05) is 18.2 Å². The van der Waals surface area contributed by atoms with Crippen LogP contribution in [0.3, 0.4) is 0 Å². The topological polar surface area (TPSA) is 64.1 Å². The number of aliphatic imine (C=N–C) groups is 1. The highest BCUT2D eigenvalue weighted by atomic mass is 16.7. The summed E-state index contributed by atoms with van der Waals surface area (Å²) in [6.45, 7) is 2.54. The second-order valence-electron chi connectivity index (χ2n) is 5.19. The van der Waals surface area contributed by atoms with Crippen LogP contribution in [0.2, 0.25) is 0 Å². The van der Waals surface area contributed by atoms with Crippen LogP contribution >= 0.6 is 0 Å². The van der Waals surface area contributed by atoms with Crippen LogP contribution in [-0.2, 0) is 0 Å². The first-order valence-electron chi connectivity index (χ1n) is 7.32. The molecule has 0 aromatic heterocycles. The minimum absolute atomic E-state index is 0.281. The molecule has 6 nitrogen and oxygen atoms in total. The molecule has 2 N–H and O–H groups in total. The molecule has 1 aromatic rings. The van der Waals surface area contributed by atoms with Crippen molar-refractivity contribution in [3.05, 3.63) is 18.2 Å². The van der Waals surface area contributed by atoms with Crippen molar-refractivity contribution in [1.29, 1.82) is 0 Å². The standard InChI is InChI=1S/C15H21N3O3/c1-16-15(18-9-11-2-3-11)17-6-7-19-12-4-5-13-14(8-12)21-10-20-13/h4-5,8,11H,2-3,6-7,9-10H2,1H3,(H2,16,17,18). The van der Waals surface area contributed by atoms with Gasteiger partial charge in [-0.1, -0.05) is 0 Å². The van der Waals surface area contributed by atoms with Crippen LogP contribution < -0.4 is 24.8 Å². The highest BCUT2D eigenvalue weighted by Gasteiger charge is 2.21. The van der Waals surface area contributed by atoms with Crippen LogP contribution in [0.25, 0.3) is 0 Å². The maximum atomic E-state index is 5.68. The number of hydrogen-bond donors (Lipinski definition) is 2. The van der Waals surface area contributed by atoms with Gasteiger partial charge in [-0.05, 0) is 30.9 Å². The van der Waals surface area contributed by atoms with Crippen LogP contribution in [0.5, 0.6) is 17.2 Å². The molecule has 3 rings (SSSR count). The summed E-state index contributed by atoms with van der Waals surface area (Å²) in [4.78, 5) is 4.18. The number of benzene rings is 1. The predicted molar refractivity (Wildman–Crippen MR) is 80.1 cm³/mol. The fourth-order valence-electron chi connectivity index (χ4n) is 2.09. The highest BCUT2D eigenvalue weighted by molar-refractivity contribution is 5.79. The molecule has 1 fully saturated rings. The molecule has 0 saturated heterocycles. The third-order valence-electron chi connectivity index (χ3n) is 3.49. The van der Waals surface area contributed by atoms with E-state index in [-0.39, 0.29) is 6.79 Å². The van der Waals surface area contributed by atoms with E-state index in [9.17, 15) is 0 Å². The second kappa shape index (κ2) is 6.56. The molecule has 0 bridgehead atoms. The van der Waals surface area contributed by atoms with Crippen molar-refractivity contribution in [3.63, 3.8) is 0 Å². The van der Waals surface area contributed by atoms with Gasteiger partial charge in [0.05, 0.1) is 6.54 Å². The van der Waals surface area contributed by atoms with Gasteiger partial charge in [0.25, 0.3) is 0 Å². The maximum absolute atomic E-state index is 5.68. The summed E-state index contributed by atoms with van der Waals surface area (Å²) in [7, 11) is 1.78. The van der Waals surface area contributed by atoms with Crippen LogP contribution in [-0.4, -0.2) is 39.5 Å². The molecular formula is C15H21N3O3. The van der Waals surface area contributed by atoms with Crippen molar-refractivity contribution in [2.75, 3.05) is 33.5 Å². The van der Waals surface area contributed by atoms with E-state index in [1.165, 1.54) is 12.8 Å². The summed E-state index contributed by atoms with van der Waals surface area (Å²) in [5.41, 5.74) is 0. The zero-order chi connectivity index (χ0) is 14.5. The molecule has 2 aliphatic rings. The van der Waals surface area contributed by atoms with Crippen molar-refractivity contribution >= 4 is 5.96 Å². The number of guanidine groups is 1.